The Hall–Kier alpha value is -0.170. The molecule has 124 valence electrons. The number of nitrogens with one attached hydrogen (secondary N) is 1. The first-order valence-corrected chi connectivity index (χ1v) is 9.64. The van der Waals surface area contributed by atoms with Gasteiger partial charge in [-0.25, -0.2) is 0 Å². The van der Waals surface area contributed by atoms with Gasteiger partial charge in [-0.2, -0.15) is 17.4 Å². The Labute approximate surface area is 129 Å². The van der Waals surface area contributed by atoms with E-state index in [4.69, 9.17) is 4.74 Å². The minimum atomic E-state index is -3.34. The van der Waals surface area contributed by atoms with E-state index in [-0.39, 0.29) is 6.04 Å². The monoisotopic (exact) mass is 318 g/mol. The zero-order valence-electron chi connectivity index (χ0n) is 13.6. The molecule has 0 aromatic carbocycles. The Morgan fingerprint density at radius 3 is 2.24 bits per heavy atom. The van der Waals surface area contributed by atoms with Crippen LogP contribution < -0.4 is 4.72 Å². The second-order valence-electron chi connectivity index (χ2n) is 7.02. The van der Waals surface area contributed by atoms with Gasteiger partial charge in [0.05, 0.1) is 13.2 Å². The van der Waals surface area contributed by atoms with Crippen LogP contribution in [0, 0.1) is 11.3 Å². The van der Waals surface area contributed by atoms with E-state index < -0.39 is 10.2 Å². The Morgan fingerprint density at radius 1 is 1.14 bits per heavy atom. The Balaban J connectivity index is 1.85. The van der Waals surface area contributed by atoms with Gasteiger partial charge < -0.3 is 4.74 Å². The van der Waals surface area contributed by atoms with Crippen molar-refractivity contribution in [3.8, 4) is 0 Å². The first kappa shape index (κ1) is 17.2. The molecular weight excluding hydrogens is 288 g/mol. The molecular formula is C15H30N2O3S. The second kappa shape index (κ2) is 6.94. The second-order valence-corrected chi connectivity index (χ2v) is 8.73. The minimum absolute atomic E-state index is 0.0988. The molecule has 1 saturated heterocycles. The summed E-state index contributed by atoms with van der Waals surface area (Å²) in [7, 11) is -3.34. The molecule has 1 aliphatic carbocycles. The van der Waals surface area contributed by atoms with Crippen LogP contribution in [0.4, 0.5) is 0 Å². The third-order valence-electron chi connectivity index (χ3n) is 5.37. The summed E-state index contributed by atoms with van der Waals surface area (Å²) in [6.07, 6.45) is 5.34. The SMILES string of the molecule is CCC(C)(C)C1CCC(NS(=O)(=O)N2CCOCC2)CC1. The summed E-state index contributed by atoms with van der Waals surface area (Å²) in [5.74, 6) is 0.714. The fourth-order valence-corrected chi connectivity index (χ4v) is 4.79. The number of rotatable bonds is 5. The van der Waals surface area contributed by atoms with Gasteiger partial charge in [0, 0.05) is 19.1 Å². The quantitative estimate of drug-likeness (QED) is 0.845. The Morgan fingerprint density at radius 2 is 1.71 bits per heavy atom. The molecule has 6 heteroatoms. The molecule has 1 N–H and O–H groups in total. The maximum absolute atomic E-state index is 12.3. The molecule has 0 bridgehead atoms. The Bertz CT molecular complexity index is 422. The molecule has 1 saturated carbocycles. The highest BCUT2D eigenvalue weighted by molar-refractivity contribution is 7.87. The van der Waals surface area contributed by atoms with E-state index in [1.807, 2.05) is 0 Å². The molecule has 0 radical (unpaired) electrons. The third-order valence-corrected chi connectivity index (χ3v) is 7.05. The zero-order valence-corrected chi connectivity index (χ0v) is 14.4. The first-order chi connectivity index (χ1) is 9.85. The highest BCUT2D eigenvalue weighted by Gasteiger charge is 2.34. The van der Waals surface area contributed by atoms with Gasteiger partial charge in [-0.1, -0.05) is 27.2 Å². The highest BCUT2D eigenvalue weighted by atomic mass is 32.2. The van der Waals surface area contributed by atoms with E-state index in [1.54, 1.807) is 0 Å². The zero-order chi connectivity index (χ0) is 15.5. The van der Waals surface area contributed by atoms with E-state index in [2.05, 4.69) is 25.5 Å². The lowest BCUT2D eigenvalue weighted by molar-refractivity contribution is 0.0719. The van der Waals surface area contributed by atoms with Crippen LogP contribution in [0.1, 0.15) is 52.9 Å². The van der Waals surface area contributed by atoms with Gasteiger partial charge in [0.25, 0.3) is 10.2 Å². The number of morpholine rings is 1. The molecule has 0 spiro atoms. The summed E-state index contributed by atoms with van der Waals surface area (Å²) in [5.41, 5.74) is 0.369. The molecule has 21 heavy (non-hydrogen) atoms. The standard InChI is InChI=1S/C15H30N2O3S/c1-4-15(2,3)13-5-7-14(8-6-13)16-21(18,19)17-9-11-20-12-10-17/h13-14,16H,4-12H2,1-3H3. The fourth-order valence-electron chi connectivity index (χ4n) is 3.35. The van der Waals surface area contributed by atoms with Crippen LogP contribution in [0.15, 0.2) is 0 Å². The molecule has 2 fully saturated rings. The van der Waals surface area contributed by atoms with E-state index in [9.17, 15) is 8.42 Å². The van der Waals surface area contributed by atoms with Gasteiger partial charge in [0.2, 0.25) is 0 Å². The van der Waals surface area contributed by atoms with Gasteiger partial charge in [-0.3, -0.25) is 0 Å². The van der Waals surface area contributed by atoms with Crippen molar-refractivity contribution in [3.63, 3.8) is 0 Å². The van der Waals surface area contributed by atoms with E-state index >= 15 is 0 Å². The van der Waals surface area contributed by atoms with Crippen LogP contribution in [-0.2, 0) is 14.9 Å². The van der Waals surface area contributed by atoms with Crippen molar-refractivity contribution in [1.29, 1.82) is 0 Å². The lowest BCUT2D eigenvalue weighted by Gasteiger charge is -2.39. The predicted molar refractivity (Wildman–Crippen MR) is 84.3 cm³/mol. The van der Waals surface area contributed by atoms with Crippen molar-refractivity contribution in [2.75, 3.05) is 26.3 Å². The summed E-state index contributed by atoms with van der Waals surface area (Å²) < 4.78 is 34.3. The third kappa shape index (κ3) is 4.41. The van der Waals surface area contributed by atoms with E-state index in [1.165, 1.54) is 10.7 Å². The number of nitrogens with zero attached hydrogens (tertiary/aromatic N) is 1. The van der Waals surface area contributed by atoms with Crippen molar-refractivity contribution in [3.05, 3.63) is 0 Å². The van der Waals surface area contributed by atoms with Crippen molar-refractivity contribution < 1.29 is 13.2 Å². The van der Waals surface area contributed by atoms with Crippen molar-refractivity contribution >= 4 is 10.2 Å². The first-order valence-electron chi connectivity index (χ1n) is 8.20. The van der Waals surface area contributed by atoms with Crippen molar-refractivity contribution in [2.45, 2.75) is 58.9 Å². The summed E-state index contributed by atoms with van der Waals surface area (Å²) in [6.45, 7) is 8.83. The van der Waals surface area contributed by atoms with E-state index in [0.29, 0.717) is 37.6 Å². The maximum Gasteiger partial charge on any atom is 0.279 e. The molecule has 1 heterocycles. The van der Waals surface area contributed by atoms with Crippen molar-refractivity contribution in [2.24, 2.45) is 11.3 Å². The topological polar surface area (TPSA) is 58.6 Å². The van der Waals surface area contributed by atoms with Gasteiger partial charge in [-0.15, -0.1) is 0 Å². The Kier molecular flexibility index (Phi) is 5.68. The normalized spacial score (nSPS) is 29.5. The minimum Gasteiger partial charge on any atom is -0.379 e. The molecule has 0 atom stereocenters. The van der Waals surface area contributed by atoms with Gasteiger partial charge in [0.15, 0.2) is 0 Å². The van der Waals surface area contributed by atoms with Gasteiger partial charge in [-0.05, 0) is 37.0 Å². The van der Waals surface area contributed by atoms with Crippen LogP contribution in [0.3, 0.4) is 0 Å². The highest BCUT2D eigenvalue weighted by Crippen LogP contribution is 2.40. The number of hydrogen-bond donors (Lipinski definition) is 1. The smallest absolute Gasteiger partial charge is 0.279 e. The summed E-state index contributed by atoms with van der Waals surface area (Å²) in [6, 6.07) is 0.0988. The molecule has 0 unspecified atom stereocenters. The molecule has 0 aromatic heterocycles. The van der Waals surface area contributed by atoms with Crippen LogP contribution in [0.5, 0.6) is 0 Å². The molecule has 2 rings (SSSR count). The summed E-state index contributed by atoms with van der Waals surface area (Å²) >= 11 is 0. The molecule has 0 amide bonds. The van der Waals surface area contributed by atoms with Gasteiger partial charge >= 0.3 is 0 Å². The van der Waals surface area contributed by atoms with Crippen molar-refractivity contribution in [1.82, 2.24) is 9.03 Å². The summed E-state index contributed by atoms with van der Waals surface area (Å²) in [4.78, 5) is 0. The van der Waals surface area contributed by atoms with Crippen LogP contribution >= 0.6 is 0 Å². The van der Waals surface area contributed by atoms with Gasteiger partial charge in [0.1, 0.15) is 0 Å². The fraction of sp³-hybridized carbons (Fsp3) is 1.00. The van der Waals surface area contributed by atoms with Crippen LogP contribution in [-0.4, -0.2) is 45.1 Å². The lowest BCUT2D eigenvalue weighted by Crippen LogP contribution is -2.50. The molecule has 2 aliphatic rings. The average molecular weight is 318 g/mol. The predicted octanol–water partition coefficient (Wildman–Crippen LogP) is 2.15. The maximum atomic E-state index is 12.3. The summed E-state index contributed by atoms with van der Waals surface area (Å²) in [5, 5.41) is 0. The average Bonchev–Trinajstić information content (AvgIpc) is 2.48. The van der Waals surface area contributed by atoms with Crippen LogP contribution in [0.2, 0.25) is 0 Å². The largest absolute Gasteiger partial charge is 0.379 e. The number of hydrogen-bond acceptors (Lipinski definition) is 3. The van der Waals surface area contributed by atoms with E-state index in [0.717, 1.165) is 25.7 Å². The number of ether oxygens (including phenoxy) is 1. The molecule has 1 aliphatic heterocycles. The van der Waals surface area contributed by atoms with Crippen LogP contribution in [0.25, 0.3) is 0 Å². The lowest BCUT2D eigenvalue weighted by atomic mass is 9.69. The molecule has 0 aromatic rings. The molecule has 5 nitrogen and oxygen atoms in total.